The average Bonchev–Trinajstić information content (AvgIpc) is 3.04. The molecule has 0 fully saturated rings. The van der Waals surface area contributed by atoms with E-state index in [9.17, 15) is 18.8 Å². The van der Waals surface area contributed by atoms with Gasteiger partial charge in [-0.05, 0) is 71.5 Å². The number of hydrogen-bond acceptors (Lipinski definition) is 5. The second-order valence-electron chi connectivity index (χ2n) is 10.4. The van der Waals surface area contributed by atoms with Crippen molar-refractivity contribution in [2.75, 3.05) is 6.61 Å². The fourth-order valence-electron chi connectivity index (χ4n) is 4.94. The van der Waals surface area contributed by atoms with Crippen LogP contribution < -0.4 is 26.8 Å². The summed E-state index contributed by atoms with van der Waals surface area (Å²) in [5.41, 5.74) is 15.4. The Morgan fingerprint density at radius 1 is 0.773 bits per heavy atom. The average molecular weight is 597 g/mol. The van der Waals surface area contributed by atoms with Crippen LogP contribution >= 0.6 is 0 Å². The second kappa shape index (κ2) is 15.5. The van der Waals surface area contributed by atoms with E-state index >= 15 is 0 Å². The molecular formula is C35H37FN4O4. The number of ether oxygens (including phenoxy) is 1. The molecule has 3 amide bonds. The van der Waals surface area contributed by atoms with E-state index in [2.05, 4.69) is 10.6 Å². The maximum Gasteiger partial charge on any atom is 0.249 e. The van der Waals surface area contributed by atoms with Crippen LogP contribution in [0, 0.1) is 5.82 Å². The topological polar surface area (TPSA) is 137 Å². The van der Waals surface area contributed by atoms with Crippen LogP contribution in [-0.2, 0) is 35.5 Å². The third-order valence-electron chi connectivity index (χ3n) is 7.30. The zero-order valence-corrected chi connectivity index (χ0v) is 24.6. The monoisotopic (exact) mass is 596 g/mol. The zero-order chi connectivity index (χ0) is 31.5. The summed E-state index contributed by atoms with van der Waals surface area (Å²) in [5.74, 6) is -2.08. The number of amides is 3. The van der Waals surface area contributed by atoms with Crippen molar-refractivity contribution in [2.45, 2.75) is 44.8 Å². The summed E-state index contributed by atoms with van der Waals surface area (Å²) in [6.45, 7) is 3.06. The first-order chi connectivity index (χ1) is 21.3. The molecule has 0 aliphatic heterocycles. The molecule has 0 aliphatic rings. The van der Waals surface area contributed by atoms with Crippen LogP contribution in [0.1, 0.15) is 51.0 Å². The van der Waals surface area contributed by atoms with Crippen LogP contribution in [0.25, 0.3) is 0 Å². The Balaban J connectivity index is 1.61. The van der Waals surface area contributed by atoms with E-state index in [1.54, 1.807) is 36.4 Å². The first kappa shape index (κ1) is 31.9. The Labute approximate surface area is 256 Å². The van der Waals surface area contributed by atoms with Crippen LogP contribution in [0.5, 0.6) is 5.75 Å². The van der Waals surface area contributed by atoms with E-state index in [1.807, 2.05) is 55.5 Å². The zero-order valence-electron chi connectivity index (χ0n) is 24.6. The van der Waals surface area contributed by atoms with Crippen LogP contribution in [0.4, 0.5) is 4.39 Å². The number of carbonyl (C=O) groups excluding carboxylic acids is 3. The largest absolute Gasteiger partial charge is 0.494 e. The lowest BCUT2D eigenvalue weighted by Crippen LogP contribution is -2.49. The smallest absolute Gasteiger partial charge is 0.249 e. The number of hydrogen-bond donors (Lipinski definition) is 4. The van der Waals surface area contributed by atoms with Crippen molar-refractivity contribution in [2.24, 2.45) is 11.5 Å². The minimum atomic E-state index is -0.986. The van der Waals surface area contributed by atoms with E-state index in [-0.39, 0.29) is 24.9 Å². The Kier molecular flexibility index (Phi) is 11.2. The van der Waals surface area contributed by atoms with E-state index in [0.717, 1.165) is 16.7 Å². The number of nitrogens with two attached hydrogens (primary N) is 2. The van der Waals surface area contributed by atoms with Crippen molar-refractivity contribution in [3.05, 3.63) is 136 Å². The molecule has 4 aromatic rings. The molecular weight excluding hydrogens is 559 g/mol. The van der Waals surface area contributed by atoms with Gasteiger partial charge in [-0.2, -0.15) is 0 Å². The van der Waals surface area contributed by atoms with E-state index in [4.69, 9.17) is 16.2 Å². The van der Waals surface area contributed by atoms with Crippen LogP contribution in [-0.4, -0.2) is 30.4 Å². The van der Waals surface area contributed by atoms with Crippen LogP contribution in [0.15, 0.2) is 97.1 Å². The van der Waals surface area contributed by atoms with Crippen molar-refractivity contribution < 1.29 is 23.5 Å². The highest BCUT2D eigenvalue weighted by Crippen LogP contribution is 2.26. The lowest BCUT2D eigenvalue weighted by molar-refractivity contribution is -0.129. The molecule has 228 valence electrons. The van der Waals surface area contributed by atoms with Gasteiger partial charge in [0.25, 0.3) is 0 Å². The first-order valence-corrected chi connectivity index (χ1v) is 14.5. The van der Waals surface area contributed by atoms with Gasteiger partial charge in [-0.3, -0.25) is 14.4 Å². The molecule has 0 aromatic heterocycles. The highest BCUT2D eigenvalue weighted by molar-refractivity contribution is 5.98. The van der Waals surface area contributed by atoms with Gasteiger partial charge in [0.05, 0.1) is 12.5 Å². The Hall–Kier alpha value is -5.02. The number of halogens is 1. The molecule has 9 heteroatoms. The van der Waals surface area contributed by atoms with Gasteiger partial charge in [-0.1, -0.05) is 66.7 Å². The van der Waals surface area contributed by atoms with Crippen molar-refractivity contribution in [3.63, 3.8) is 0 Å². The predicted molar refractivity (Wildman–Crippen MR) is 167 cm³/mol. The van der Waals surface area contributed by atoms with E-state index in [1.165, 1.54) is 12.1 Å². The Morgan fingerprint density at radius 2 is 1.36 bits per heavy atom. The highest BCUT2D eigenvalue weighted by atomic mass is 19.1. The molecule has 0 bridgehead atoms. The summed E-state index contributed by atoms with van der Waals surface area (Å²) >= 11 is 0. The van der Waals surface area contributed by atoms with Gasteiger partial charge in [0.2, 0.25) is 17.7 Å². The minimum absolute atomic E-state index is 0.122. The maximum atomic E-state index is 14.1. The fourth-order valence-corrected chi connectivity index (χ4v) is 4.94. The normalized spacial score (nSPS) is 12.2. The molecule has 4 aromatic carbocycles. The molecule has 0 radical (unpaired) electrons. The molecule has 0 saturated heterocycles. The second-order valence-corrected chi connectivity index (χ2v) is 10.4. The molecule has 0 heterocycles. The summed E-state index contributed by atoms with van der Waals surface area (Å²) < 4.78 is 19.2. The molecule has 6 N–H and O–H groups in total. The standard InChI is InChI=1S/C35H37FN4O4/c1-2-44-28-17-13-23(14-18-28)19-31(29-5-3-4-6-30(29)33(38)41)34(42)40-32(20-24-11-15-27(36)16-12-24)35(43)39-22-26-9-7-25(21-37)8-10-26/h3-18,31-32H,2,19-22,37H2,1H3,(H2,38,41)(H,39,43)(H,40,42)/t31-,32+/m1/s1. The summed E-state index contributed by atoms with van der Waals surface area (Å²) in [4.78, 5) is 39.9. The highest BCUT2D eigenvalue weighted by Gasteiger charge is 2.29. The van der Waals surface area contributed by atoms with Gasteiger partial charge < -0.3 is 26.8 Å². The van der Waals surface area contributed by atoms with Gasteiger partial charge in [-0.25, -0.2) is 4.39 Å². The van der Waals surface area contributed by atoms with Gasteiger partial charge >= 0.3 is 0 Å². The minimum Gasteiger partial charge on any atom is -0.494 e. The quantitative estimate of drug-likeness (QED) is 0.173. The van der Waals surface area contributed by atoms with Gasteiger partial charge in [0.15, 0.2) is 0 Å². The lowest BCUT2D eigenvalue weighted by Gasteiger charge is -2.24. The molecule has 44 heavy (non-hydrogen) atoms. The summed E-state index contributed by atoms with van der Waals surface area (Å²) in [7, 11) is 0. The maximum absolute atomic E-state index is 14.1. The Bertz CT molecular complexity index is 1560. The Morgan fingerprint density at radius 3 is 2.00 bits per heavy atom. The number of nitrogens with one attached hydrogen (secondary N) is 2. The first-order valence-electron chi connectivity index (χ1n) is 14.5. The molecule has 8 nitrogen and oxygen atoms in total. The fraction of sp³-hybridized carbons (Fsp3) is 0.229. The molecule has 4 rings (SSSR count). The predicted octanol–water partition coefficient (Wildman–Crippen LogP) is 4.15. The lowest BCUT2D eigenvalue weighted by atomic mass is 9.87. The van der Waals surface area contributed by atoms with Crippen molar-refractivity contribution in [1.82, 2.24) is 10.6 Å². The number of carbonyl (C=O) groups is 3. The molecule has 0 spiro atoms. The number of primary amides is 1. The molecule has 0 saturated carbocycles. The number of rotatable bonds is 14. The van der Waals surface area contributed by atoms with Crippen LogP contribution in [0.3, 0.4) is 0 Å². The van der Waals surface area contributed by atoms with E-state index < -0.39 is 35.5 Å². The molecule has 0 unspecified atom stereocenters. The summed E-state index contributed by atoms with van der Waals surface area (Å²) in [5, 5.41) is 5.82. The van der Waals surface area contributed by atoms with E-state index in [0.29, 0.717) is 30.0 Å². The summed E-state index contributed by atoms with van der Waals surface area (Å²) in [6.07, 6.45) is 0.359. The third-order valence-corrected chi connectivity index (χ3v) is 7.30. The van der Waals surface area contributed by atoms with Crippen molar-refractivity contribution in [3.8, 4) is 5.75 Å². The van der Waals surface area contributed by atoms with Gasteiger partial charge in [0.1, 0.15) is 17.6 Å². The SMILES string of the molecule is CCOc1ccc(C[C@@H](C(=O)N[C@@H](Cc2ccc(F)cc2)C(=O)NCc2ccc(CN)cc2)c2ccccc2C(N)=O)cc1. The van der Waals surface area contributed by atoms with Crippen molar-refractivity contribution >= 4 is 17.7 Å². The molecule has 0 aliphatic carbocycles. The summed E-state index contributed by atoms with van der Waals surface area (Å²) in [6, 6.07) is 26.4. The van der Waals surface area contributed by atoms with Gasteiger partial charge in [-0.15, -0.1) is 0 Å². The van der Waals surface area contributed by atoms with Crippen LogP contribution in [0.2, 0.25) is 0 Å². The molecule has 2 atom stereocenters. The van der Waals surface area contributed by atoms with Gasteiger partial charge in [0, 0.05) is 25.1 Å². The number of benzene rings is 4. The third kappa shape index (κ3) is 8.75. The van der Waals surface area contributed by atoms with Crippen molar-refractivity contribution in [1.29, 1.82) is 0 Å².